The van der Waals surface area contributed by atoms with Crippen LogP contribution in [0.2, 0.25) is 0 Å². The molecule has 0 heterocycles. The van der Waals surface area contributed by atoms with Crippen LogP contribution < -0.4 is 0 Å². The van der Waals surface area contributed by atoms with Gasteiger partial charge in [-0.15, -0.1) is 0 Å². The summed E-state index contributed by atoms with van der Waals surface area (Å²) < 4.78 is 31.6. The monoisotopic (exact) mass is 191 g/mol. The Labute approximate surface area is 56.9 Å². The molecule has 0 saturated carbocycles. The predicted molar refractivity (Wildman–Crippen MR) is 23.1 cm³/mol. The number of hydrogen-bond acceptors (Lipinski definition) is 2. The molecule has 0 amide bonds. The smallest absolute Gasteiger partial charge is 0.693 e. The summed E-state index contributed by atoms with van der Waals surface area (Å²) in [6.07, 6.45) is 0. The van der Waals surface area contributed by atoms with Gasteiger partial charge in [-0.1, -0.05) is 0 Å². The van der Waals surface area contributed by atoms with Gasteiger partial charge in [0.2, 0.25) is 0 Å². The first kappa shape index (κ1) is 23.9. The molecule has 0 spiro atoms. The van der Waals surface area contributed by atoms with Crippen LogP contribution in [0, 0.1) is 0 Å². The van der Waals surface area contributed by atoms with E-state index in [1.165, 1.54) is 0 Å². The quantitative estimate of drug-likeness (QED) is 0.485. The molecule has 0 aliphatic carbocycles. The molecule has 6 N–H and O–H groups in total. The molecular formula is H6CoNO5S+2. The molecule has 0 bridgehead atoms. The van der Waals surface area contributed by atoms with Gasteiger partial charge in [-0.25, -0.2) is 0 Å². The van der Waals surface area contributed by atoms with E-state index >= 15 is 0 Å². The third-order valence-corrected chi connectivity index (χ3v) is 0. The minimum absolute atomic E-state index is 0. The first-order chi connectivity index (χ1) is 2.00. The van der Waals surface area contributed by atoms with E-state index < -0.39 is 10.4 Å². The molecule has 0 unspecified atom stereocenters. The largest absolute Gasteiger partial charge is 3.00 e. The van der Waals surface area contributed by atoms with Crippen molar-refractivity contribution in [1.29, 1.82) is 0 Å². The van der Waals surface area contributed by atoms with Gasteiger partial charge >= 0.3 is 27.2 Å². The van der Waals surface area contributed by atoms with Gasteiger partial charge in [-0.2, -0.15) is 8.42 Å². The summed E-state index contributed by atoms with van der Waals surface area (Å²) in [7, 11) is -4.67. The summed E-state index contributed by atoms with van der Waals surface area (Å²) in [5, 5.41) is 0. The summed E-state index contributed by atoms with van der Waals surface area (Å²) in [6, 6.07) is 0. The molecule has 0 aliphatic heterocycles. The van der Waals surface area contributed by atoms with E-state index in [0.717, 1.165) is 0 Å². The second-order valence-corrected chi connectivity index (χ2v) is 1.34. The van der Waals surface area contributed by atoms with Crippen LogP contribution in [0.5, 0.6) is 0 Å². The fourth-order valence-electron chi connectivity index (χ4n) is 0. The van der Waals surface area contributed by atoms with Crippen molar-refractivity contribution in [3.05, 3.63) is 6.15 Å². The van der Waals surface area contributed by atoms with Crippen LogP contribution in [0.1, 0.15) is 0 Å². The zero-order valence-corrected chi connectivity index (χ0v) is 5.39. The van der Waals surface area contributed by atoms with Crippen molar-refractivity contribution in [3.63, 3.8) is 0 Å². The SMILES string of the molecule is O.O=S(=O)(O)O.[Co+3].[NH2-]. The minimum atomic E-state index is -4.67. The molecule has 0 aliphatic rings. The Balaban J connectivity index is -0.0000000267. The molecule has 0 saturated heterocycles. The third-order valence-electron chi connectivity index (χ3n) is 0. The van der Waals surface area contributed by atoms with Gasteiger partial charge in [0.05, 0.1) is 0 Å². The molecular weight excluding hydrogens is 185 g/mol. The average molecular weight is 191 g/mol. The molecule has 0 atom stereocenters. The van der Waals surface area contributed by atoms with Crippen molar-refractivity contribution in [2.45, 2.75) is 0 Å². The van der Waals surface area contributed by atoms with Gasteiger partial charge in [0.25, 0.3) is 0 Å². The van der Waals surface area contributed by atoms with Gasteiger partial charge < -0.3 is 11.6 Å². The maximum absolute atomic E-state index is 8.74. The molecule has 0 aromatic rings. The Bertz CT molecular complexity index is 95.6. The van der Waals surface area contributed by atoms with E-state index in [0.29, 0.717) is 0 Å². The first-order valence-corrected chi connectivity index (χ1v) is 2.10. The van der Waals surface area contributed by atoms with Crippen LogP contribution in [0.3, 0.4) is 0 Å². The second-order valence-electron chi connectivity index (χ2n) is 0.448. The van der Waals surface area contributed by atoms with Gasteiger partial charge in [0, 0.05) is 0 Å². The van der Waals surface area contributed by atoms with E-state index in [1.54, 1.807) is 0 Å². The number of hydrogen-bond donors (Lipinski definition) is 2. The zero-order chi connectivity index (χ0) is 4.50. The Hall–Kier alpha value is 0.296. The van der Waals surface area contributed by atoms with E-state index in [-0.39, 0.29) is 28.4 Å². The fourth-order valence-corrected chi connectivity index (χ4v) is 0. The van der Waals surface area contributed by atoms with Crippen LogP contribution in [0.25, 0.3) is 6.15 Å². The van der Waals surface area contributed by atoms with E-state index in [9.17, 15) is 0 Å². The minimum Gasteiger partial charge on any atom is -0.693 e. The van der Waals surface area contributed by atoms with Gasteiger partial charge in [-0.05, 0) is 0 Å². The summed E-state index contributed by atoms with van der Waals surface area (Å²) in [5.41, 5.74) is 0. The van der Waals surface area contributed by atoms with E-state index in [2.05, 4.69) is 0 Å². The zero-order valence-electron chi connectivity index (χ0n) is 3.53. The molecule has 8 heteroatoms. The van der Waals surface area contributed by atoms with Gasteiger partial charge in [-0.3, -0.25) is 9.11 Å². The Morgan fingerprint density at radius 2 is 1.12 bits per heavy atom. The molecule has 0 aromatic carbocycles. The molecule has 54 valence electrons. The van der Waals surface area contributed by atoms with E-state index in [1.807, 2.05) is 0 Å². The summed E-state index contributed by atoms with van der Waals surface area (Å²) in [5.74, 6) is 0. The second kappa shape index (κ2) is 7.30. The topological polar surface area (TPSA) is 140 Å². The maximum atomic E-state index is 8.74. The van der Waals surface area contributed by atoms with Crippen molar-refractivity contribution >= 4 is 10.4 Å². The molecule has 0 aromatic heterocycles. The number of rotatable bonds is 0. The van der Waals surface area contributed by atoms with E-state index in [4.69, 9.17) is 17.5 Å². The standard InChI is InChI=1S/Co.H2N.H2O4S.H2O/c;;1-5(2,3)4;/h;1H2;(H2,1,2,3,4);1H2/q+3;-1;;. The number of nitrogens with two attached hydrogens (primary N) is 1. The molecule has 8 heavy (non-hydrogen) atoms. The van der Waals surface area contributed by atoms with Crippen LogP contribution in [-0.2, 0) is 27.2 Å². The Morgan fingerprint density at radius 3 is 1.12 bits per heavy atom. The van der Waals surface area contributed by atoms with Crippen molar-refractivity contribution in [1.82, 2.24) is 0 Å². The van der Waals surface area contributed by atoms with Crippen molar-refractivity contribution < 1.29 is 39.8 Å². The van der Waals surface area contributed by atoms with Crippen LogP contribution in [0.4, 0.5) is 0 Å². The predicted octanol–water partition coefficient (Wildman–Crippen LogP) is -0.763. The van der Waals surface area contributed by atoms with Crippen LogP contribution >= 0.6 is 0 Å². The maximum Gasteiger partial charge on any atom is 3.00 e. The van der Waals surface area contributed by atoms with Crippen molar-refractivity contribution in [3.8, 4) is 0 Å². The summed E-state index contributed by atoms with van der Waals surface area (Å²) in [6.45, 7) is 0. The van der Waals surface area contributed by atoms with Gasteiger partial charge in [0.1, 0.15) is 0 Å². The molecule has 0 rings (SSSR count). The van der Waals surface area contributed by atoms with Crippen molar-refractivity contribution in [2.75, 3.05) is 0 Å². The Morgan fingerprint density at radius 1 is 1.12 bits per heavy atom. The third kappa shape index (κ3) is 2010. The molecule has 0 radical (unpaired) electrons. The molecule has 0 fully saturated rings. The summed E-state index contributed by atoms with van der Waals surface area (Å²) >= 11 is 0. The van der Waals surface area contributed by atoms with Gasteiger partial charge in [0.15, 0.2) is 0 Å². The van der Waals surface area contributed by atoms with Crippen LogP contribution in [0.15, 0.2) is 0 Å². The summed E-state index contributed by atoms with van der Waals surface area (Å²) in [4.78, 5) is 0. The fraction of sp³-hybridized carbons (Fsp3) is 0. The van der Waals surface area contributed by atoms with Crippen molar-refractivity contribution in [2.24, 2.45) is 0 Å². The normalized spacial score (nSPS) is 7.25. The van der Waals surface area contributed by atoms with Crippen LogP contribution in [-0.4, -0.2) is 23.0 Å². The first-order valence-electron chi connectivity index (χ1n) is 0.698. The molecule has 6 nitrogen and oxygen atoms in total. The average Bonchev–Trinajstić information content (AvgIpc) is 0.722. The Kier molecular flexibility index (Phi) is 21.8.